The predicted octanol–water partition coefficient (Wildman–Crippen LogP) is 3.09. The third-order valence-electron chi connectivity index (χ3n) is 3.44. The molecule has 3 rings (SSSR count). The van der Waals surface area contributed by atoms with E-state index in [1.54, 1.807) is 11.3 Å². The summed E-state index contributed by atoms with van der Waals surface area (Å²) in [5.41, 5.74) is 3.25. The highest BCUT2D eigenvalue weighted by atomic mass is 79.9. The molecule has 0 fully saturated rings. The van der Waals surface area contributed by atoms with Crippen LogP contribution < -0.4 is 10.6 Å². The third kappa shape index (κ3) is 2.95. The summed E-state index contributed by atoms with van der Waals surface area (Å²) in [6.07, 6.45) is 0.920. The summed E-state index contributed by atoms with van der Waals surface area (Å²) in [6.45, 7) is 2.38. The van der Waals surface area contributed by atoms with Crippen molar-refractivity contribution in [2.75, 3.05) is 6.54 Å². The van der Waals surface area contributed by atoms with Crippen molar-refractivity contribution in [2.24, 2.45) is 0 Å². The Balaban J connectivity index is 1.74. The lowest BCUT2D eigenvalue weighted by Crippen LogP contribution is -2.29. The molecule has 0 bridgehead atoms. The molecule has 20 heavy (non-hydrogen) atoms. The molecule has 2 N–H and O–H groups in total. The maximum absolute atomic E-state index is 12.4. The standard InChI is InChI=1S/C15H15BrN2OS/c16-14-5-4-11(20-14)9-18-15(19)13-3-1-2-10-8-17-7-6-12(10)13/h1-5,17H,6-9H2,(H,18,19). The normalized spacial score (nSPS) is 13.8. The fourth-order valence-electron chi connectivity index (χ4n) is 2.45. The van der Waals surface area contributed by atoms with E-state index in [-0.39, 0.29) is 5.91 Å². The first-order chi connectivity index (χ1) is 9.74. The number of halogens is 1. The molecule has 0 unspecified atom stereocenters. The van der Waals surface area contributed by atoms with Crippen molar-refractivity contribution < 1.29 is 4.79 Å². The van der Waals surface area contributed by atoms with Gasteiger partial charge in [0.25, 0.3) is 5.91 Å². The molecule has 5 heteroatoms. The Labute approximate surface area is 130 Å². The molecule has 2 heterocycles. The minimum absolute atomic E-state index is 0.0215. The highest BCUT2D eigenvalue weighted by Crippen LogP contribution is 2.22. The van der Waals surface area contributed by atoms with Gasteiger partial charge in [0.15, 0.2) is 0 Å². The number of benzene rings is 1. The van der Waals surface area contributed by atoms with E-state index in [9.17, 15) is 4.79 Å². The molecular formula is C15H15BrN2OS. The molecule has 0 atom stereocenters. The van der Waals surface area contributed by atoms with Crippen molar-refractivity contribution in [3.63, 3.8) is 0 Å². The quantitative estimate of drug-likeness (QED) is 0.892. The number of fused-ring (bicyclic) bond motifs is 1. The van der Waals surface area contributed by atoms with E-state index in [0.29, 0.717) is 6.54 Å². The summed E-state index contributed by atoms with van der Waals surface area (Å²) in [5, 5.41) is 6.34. The van der Waals surface area contributed by atoms with Gasteiger partial charge in [-0.25, -0.2) is 0 Å². The second kappa shape index (κ2) is 6.08. The number of rotatable bonds is 3. The molecule has 0 spiro atoms. The SMILES string of the molecule is O=C(NCc1ccc(Br)s1)c1cccc2c1CCNC2. The maximum Gasteiger partial charge on any atom is 0.251 e. The fourth-order valence-corrected chi connectivity index (χ4v) is 3.88. The average molecular weight is 351 g/mol. The van der Waals surface area contributed by atoms with Crippen molar-refractivity contribution in [3.05, 3.63) is 55.7 Å². The zero-order chi connectivity index (χ0) is 13.9. The number of carbonyl (C=O) groups is 1. The summed E-state index contributed by atoms with van der Waals surface area (Å²) >= 11 is 5.08. The van der Waals surface area contributed by atoms with Gasteiger partial charge in [-0.05, 0) is 58.2 Å². The first kappa shape index (κ1) is 13.8. The molecular weight excluding hydrogens is 336 g/mol. The zero-order valence-corrected chi connectivity index (χ0v) is 13.3. The number of amides is 1. The van der Waals surface area contributed by atoms with Crippen molar-refractivity contribution >= 4 is 33.2 Å². The van der Waals surface area contributed by atoms with E-state index < -0.39 is 0 Å². The Bertz CT molecular complexity index is 639. The molecule has 0 saturated heterocycles. The summed E-state index contributed by atoms with van der Waals surface area (Å²) < 4.78 is 1.09. The fraction of sp³-hybridized carbons (Fsp3) is 0.267. The van der Waals surface area contributed by atoms with E-state index >= 15 is 0 Å². The molecule has 1 aliphatic rings. The summed E-state index contributed by atoms with van der Waals surface area (Å²) in [7, 11) is 0. The van der Waals surface area contributed by atoms with Gasteiger partial charge in [-0.3, -0.25) is 4.79 Å². The van der Waals surface area contributed by atoms with Gasteiger partial charge in [0, 0.05) is 17.0 Å². The van der Waals surface area contributed by atoms with Crippen molar-refractivity contribution in [2.45, 2.75) is 19.5 Å². The monoisotopic (exact) mass is 350 g/mol. The molecule has 0 saturated carbocycles. The Morgan fingerprint density at radius 1 is 1.35 bits per heavy atom. The minimum atomic E-state index is 0.0215. The topological polar surface area (TPSA) is 41.1 Å². The lowest BCUT2D eigenvalue weighted by Gasteiger charge is -2.19. The van der Waals surface area contributed by atoms with Crippen LogP contribution in [0.1, 0.15) is 26.4 Å². The predicted molar refractivity (Wildman–Crippen MR) is 85.0 cm³/mol. The van der Waals surface area contributed by atoms with Crippen molar-refractivity contribution in [3.8, 4) is 0 Å². The van der Waals surface area contributed by atoms with E-state index in [4.69, 9.17) is 0 Å². The van der Waals surface area contributed by atoms with Crippen LogP contribution in [-0.2, 0) is 19.5 Å². The smallest absolute Gasteiger partial charge is 0.251 e. The Hall–Kier alpha value is -1.17. The van der Waals surface area contributed by atoms with Gasteiger partial charge >= 0.3 is 0 Å². The van der Waals surface area contributed by atoms with E-state index in [1.807, 2.05) is 24.3 Å². The highest BCUT2D eigenvalue weighted by Gasteiger charge is 2.17. The second-order valence-electron chi connectivity index (χ2n) is 4.76. The molecule has 0 radical (unpaired) electrons. The number of carbonyl (C=O) groups excluding carboxylic acids is 1. The van der Waals surface area contributed by atoms with Gasteiger partial charge in [0.05, 0.1) is 10.3 Å². The van der Waals surface area contributed by atoms with Crippen molar-refractivity contribution in [1.82, 2.24) is 10.6 Å². The van der Waals surface area contributed by atoms with Crippen LogP contribution in [0.25, 0.3) is 0 Å². The van der Waals surface area contributed by atoms with Crippen LogP contribution >= 0.6 is 27.3 Å². The van der Waals surface area contributed by atoms with Gasteiger partial charge in [0.2, 0.25) is 0 Å². The number of hydrogen-bond acceptors (Lipinski definition) is 3. The minimum Gasteiger partial charge on any atom is -0.347 e. The van der Waals surface area contributed by atoms with Gasteiger partial charge in [-0.2, -0.15) is 0 Å². The largest absolute Gasteiger partial charge is 0.347 e. The molecule has 0 aliphatic carbocycles. The first-order valence-electron chi connectivity index (χ1n) is 6.58. The van der Waals surface area contributed by atoms with Gasteiger partial charge in [-0.15, -0.1) is 11.3 Å². The van der Waals surface area contributed by atoms with Crippen LogP contribution in [0.3, 0.4) is 0 Å². The van der Waals surface area contributed by atoms with Gasteiger partial charge < -0.3 is 10.6 Å². The molecule has 1 aliphatic heterocycles. The van der Waals surface area contributed by atoms with Crippen LogP contribution in [-0.4, -0.2) is 12.5 Å². The van der Waals surface area contributed by atoms with Crippen LogP contribution in [0.4, 0.5) is 0 Å². The molecule has 104 valence electrons. The number of thiophene rings is 1. The lowest BCUT2D eigenvalue weighted by molar-refractivity contribution is 0.0950. The van der Waals surface area contributed by atoms with E-state index in [2.05, 4.69) is 32.6 Å². The number of nitrogens with one attached hydrogen (secondary N) is 2. The van der Waals surface area contributed by atoms with E-state index in [1.165, 1.54) is 11.1 Å². The lowest BCUT2D eigenvalue weighted by atomic mass is 9.95. The molecule has 2 aromatic rings. The Kier molecular flexibility index (Phi) is 4.19. The number of hydrogen-bond donors (Lipinski definition) is 2. The van der Waals surface area contributed by atoms with Crippen LogP contribution in [0.5, 0.6) is 0 Å². The third-order valence-corrected chi connectivity index (χ3v) is 5.06. The van der Waals surface area contributed by atoms with Gasteiger partial charge in [0.1, 0.15) is 0 Å². The highest BCUT2D eigenvalue weighted by molar-refractivity contribution is 9.11. The average Bonchev–Trinajstić information content (AvgIpc) is 2.90. The molecule has 3 nitrogen and oxygen atoms in total. The molecule has 1 aromatic heterocycles. The van der Waals surface area contributed by atoms with Crippen molar-refractivity contribution in [1.29, 1.82) is 0 Å². The summed E-state index contributed by atoms with van der Waals surface area (Å²) in [5.74, 6) is 0.0215. The van der Waals surface area contributed by atoms with E-state index in [0.717, 1.165) is 33.7 Å². The maximum atomic E-state index is 12.4. The van der Waals surface area contributed by atoms with Crippen LogP contribution in [0, 0.1) is 0 Å². The zero-order valence-electron chi connectivity index (χ0n) is 10.9. The molecule has 1 aromatic carbocycles. The molecule has 1 amide bonds. The van der Waals surface area contributed by atoms with Crippen LogP contribution in [0.2, 0.25) is 0 Å². The van der Waals surface area contributed by atoms with Crippen LogP contribution in [0.15, 0.2) is 34.1 Å². The summed E-state index contributed by atoms with van der Waals surface area (Å²) in [4.78, 5) is 13.5. The first-order valence-corrected chi connectivity index (χ1v) is 8.19. The Morgan fingerprint density at radius 2 is 2.25 bits per heavy atom. The second-order valence-corrected chi connectivity index (χ2v) is 7.31. The Morgan fingerprint density at radius 3 is 3.05 bits per heavy atom. The van der Waals surface area contributed by atoms with Gasteiger partial charge in [-0.1, -0.05) is 12.1 Å². The summed E-state index contributed by atoms with van der Waals surface area (Å²) in [6, 6.07) is 10.0.